The molecule has 3 rings (SSSR count). The van der Waals surface area contributed by atoms with Crippen LogP contribution in [0.15, 0.2) is 6.07 Å². The lowest BCUT2D eigenvalue weighted by Crippen LogP contribution is -2.18. The summed E-state index contributed by atoms with van der Waals surface area (Å²) in [6, 6.07) is 1.59. The van der Waals surface area contributed by atoms with E-state index < -0.39 is 0 Å². The first kappa shape index (κ1) is 13.2. The minimum absolute atomic E-state index is 0.370. The van der Waals surface area contributed by atoms with Crippen molar-refractivity contribution < 1.29 is 4.74 Å². The fraction of sp³-hybridized carbons (Fsp3) is 0.250. The van der Waals surface area contributed by atoms with Crippen LogP contribution in [-0.2, 0) is 17.8 Å². The maximum absolute atomic E-state index is 6.26. The number of hydrogen-bond donors (Lipinski definition) is 2. The molecule has 1 aromatic heterocycles. The van der Waals surface area contributed by atoms with E-state index in [4.69, 9.17) is 45.4 Å². The molecular formula is C12H10Cl3N3O. The number of ether oxygens (including phenoxy) is 1. The van der Waals surface area contributed by atoms with E-state index in [1.807, 2.05) is 0 Å². The summed E-state index contributed by atoms with van der Waals surface area (Å²) in [5.74, 6) is 5.63. The molecule has 4 nitrogen and oxygen atoms in total. The van der Waals surface area contributed by atoms with E-state index in [2.05, 4.69) is 10.4 Å². The molecule has 1 aliphatic rings. The molecule has 0 radical (unpaired) electrons. The molecule has 0 atom stereocenters. The van der Waals surface area contributed by atoms with Crippen LogP contribution in [0.5, 0.6) is 0 Å². The molecule has 100 valence electrons. The van der Waals surface area contributed by atoms with Gasteiger partial charge in [0.15, 0.2) is 0 Å². The summed E-state index contributed by atoms with van der Waals surface area (Å²) in [7, 11) is 0. The van der Waals surface area contributed by atoms with E-state index in [0.29, 0.717) is 44.9 Å². The summed E-state index contributed by atoms with van der Waals surface area (Å²) >= 11 is 18.5. The SMILES string of the molecule is NNc1c2c(nc3c(Cl)cc(Cl)c(Cl)c13)CCOC2. The van der Waals surface area contributed by atoms with Gasteiger partial charge in [0.2, 0.25) is 0 Å². The number of nitrogens with one attached hydrogen (secondary N) is 1. The van der Waals surface area contributed by atoms with Gasteiger partial charge in [-0.3, -0.25) is 10.8 Å². The number of hydrogen-bond acceptors (Lipinski definition) is 4. The zero-order valence-corrected chi connectivity index (χ0v) is 12.0. The van der Waals surface area contributed by atoms with Gasteiger partial charge in [0.05, 0.1) is 45.2 Å². The Morgan fingerprint density at radius 1 is 1.26 bits per heavy atom. The highest BCUT2D eigenvalue weighted by molar-refractivity contribution is 6.48. The van der Waals surface area contributed by atoms with Gasteiger partial charge in [0, 0.05) is 17.4 Å². The second-order valence-corrected chi connectivity index (χ2v) is 5.43. The summed E-state index contributed by atoms with van der Waals surface area (Å²) in [6.45, 7) is 1.08. The molecule has 2 aromatic rings. The van der Waals surface area contributed by atoms with Crippen molar-refractivity contribution in [2.24, 2.45) is 5.84 Å². The Kier molecular flexibility index (Phi) is 3.45. The largest absolute Gasteiger partial charge is 0.376 e. The minimum atomic E-state index is 0.370. The third kappa shape index (κ3) is 2.04. The Bertz CT molecular complexity index is 675. The van der Waals surface area contributed by atoms with Crippen molar-refractivity contribution in [3.8, 4) is 0 Å². The number of hydrazine groups is 1. The fourth-order valence-corrected chi connectivity index (χ4v) is 3.03. The second-order valence-electron chi connectivity index (χ2n) is 4.24. The van der Waals surface area contributed by atoms with Crippen LogP contribution in [0.3, 0.4) is 0 Å². The minimum Gasteiger partial charge on any atom is -0.376 e. The number of rotatable bonds is 1. The van der Waals surface area contributed by atoms with E-state index in [1.54, 1.807) is 6.07 Å². The van der Waals surface area contributed by atoms with Crippen molar-refractivity contribution in [3.05, 3.63) is 32.4 Å². The van der Waals surface area contributed by atoms with Gasteiger partial charge in [-0.15, -0.1) is 0 Å². The standard InChI is InChI=1S/C12H10Cl3N3O/c13-6-3-7(14)12-9(10(6)15)11(18-16)5-4-19-2-1-8(5)17-12/h3H,1-2,4,16H2,(H,17,18). The third-order valence-corrected chi connectivity index (χ3v) is 4.24. The summed E-state index contributed by atoms with van der Waals surface area (Å²) < 4.78 is 5.44. The van der Waals surface area contributed by atoms with E-state index >= 15 is 0 Å². The molecule has 0 unspecified atom stereocenters. The van der Waals surface area contributed by atoms with Gasteiger partial charge >= 0.3 is 0 Å². The normalized spacial score (nSPS) is 14.5. The molecule has 0 amide bonds. The molecule has 19 heavy (non-hydrogen) atoms. The van der Waals surface area contributed by atoms with Gasteiger partial charge in [0.25, 0.3) is 0 Å². The number of nitrogens with zero attached hydrogens (tertiary/aromatic N) is 1. The zero-order chi connectivity index (χ0) is 13.6. The van der Waals surface area contributed by atoms with Crippen molar-refractivity contribution in [2.75, 3.05) is 12.0 Å². The molecule has 0 aliphatic carbocycles. The molecule has 0 saturated heterocycles. The van der Waals surface area contributed by atoms with Gasteiger partial charge < -0.3 is 10.2 Å². The van der Waals surface area contributed by atoms with Gasteiger partial charge in [0.1, 0.15) is 0 Å². The number of pyridine rings is 1. The topological polar surface area (TPSA) is 60.2 Å². The van der Waals surface area contributed by atoms with Crippen LogP contribution in [0.1, 0.15) is 11.3 Å². The zero-order valence-electron chi connectivity index (χ0n) is 9.77. The number of benzene rings is 1. The van der Waals surface area contributed by atoms with E-state index in [0.717, 1.165) is 17.7 Å². The van der Waals surface area contributed by atoms with Crippen molar-refractivity contribution in [2.45, 2.75) is 13.0 Å². The molecular weight excluding hydrogens is 309 g/mol. The highest BCUT2D eigenvalue weighted by Crippen LogP contribution is 2.41. The number of nitrogens with two attached hydrogens (primary N) is 1. The smallest absolute Gasteiger partial charge is 0.0929 e. The summed E-state index contributed by atoms with van der Waals surface area (Å²) in [5, 5.41) is 1.84. The van der Waals surface area contributed by atoms with Crippen molar-refractivity contribution >= 4 is 51.4 Å². The maximum atomic E-state index is 6.26. The monoisotopic (exact) mass is 317 g/mol. The Morgan fingerprint density at radius 2 is 2.05 bits per heavy atom. The van der Waals surface area contributed by atoms with E-state index in [9.17, 15) is 0 Å². The summed E-state index contributed by atoms with van der Waals surface area (Å²) in [5.41, 5.74) is 5.78. The highest BCUT2D eigenvalue weighted by Gasteiger charge is 2.22. The first-order chi connectivity index (χ1) is 9.13. The Hall–Kier alpha value is -0.780. The maximum Gasteiger partial charge on any atom is 0.0929 e. The average Bonchev–Trinajstić information content (AvgIpc) is 2.42. The Balaban J connectivity index is 2.47. The quantitative estimate of drug-likeness (QED) is 0.479. The second kappa shape index (κ2) is 4.96. The number of anilines is 1. The van der Waals surface area contributed by atoms with Crippen molar-refractivity contribution in [3.63, 3.8) is 0 Å². The van der Waals surface area contributed by atoms with Gasteiger partial charge in [-0.1, -0.05) is 34.8 Å². The molecule has 1 aromatic carbocycles. The van der Waals surface area contributed by atoms with Crippen LogP contribution in [0, 0.1) is 0 Å². The van der Waals surface area contributed by atoms with Gasteiger partial charge in [-0.05, 0) is 6.07 Å². The lowest BCUT2D eigenvalue weighted by molar-refractivity contribution is 0.110. The van der Waals surface area contributed by atoms with Crippen LogP contribution in [-0.4, -0.2) is 11.6 Å². The molecule has 0 fully saturated rings. The average molecular weight is 319 g/mol. The lowest BCUT2D eigenvalue weighted by Gasteiger charge is -2.21. The van der Waals surface area contributed by atoms with Crippen LogP contribution < -0.4 is 11.3 Å². The van der Waals surface area contributed by atoms with Crippen molar-refractivity contribution in [1.29, 1.82) is 0 Å². The first-order valence-corrected chi connectivity index (χ1v) is 6.80. The first-order valence-electron chi connectivity index (χ1n) is 5.66. The van der Waals surface area contributed by atoms with E-state index in [-0.39, 0.29) is 0 Å². The molecule has 1 aliphatic heterocycles. The molecule has 0 saturated carbocycles. The molecule has 3 N–H and O–H groups in total. The number of fused-ring (bicyclic) bond motifs is 2. The van der Waals surface area contributed by atoms with Crippen LogP contribution in [0.2, 0.25) is 15.1 Å². The Morgan fingerprint density at radius 3 is 2.79 bits per heavy atom. The number of halogens is 3. The number of aromatic nitrogens is 1. The predicted molar refractivity (Wildman–Crippen MR) is 77.9 cm³/mol. The van der Waals surface area contributed by atoms with Crippen LogP contribution in [0.4, 0.5) is 5.69 Å². The third-order valence-electron chi connectivity index (χ3n) is 3.17. The molecule has 0 bridgehead atoms. The lowest BCUT2D eigenvalue weighted by atomic mass is 10.0. The highest BCUT2D eigenvalue weighted by atomic mass is 35.5. The number of nitrogen functional groups attached to an aromatic ring is 1. The summed E-state index contributed by atoms with van der Waals surface area (Å²) in [4.78, 5) is 4.58. The molecule has 0 spiro atoms. The predicted octanol–water partition coefficient (Wildman–Crippen LogP) is 3.55. The molecule has 2 heterocycles. The van der Waals surface area contributed by atoms with Crippen LogP contribution in [0.25, 0.3) is 10.9 Å². The fourth-order valence-electron chi connectivity index (χ4n) is 2.29. The van der Waals surface area contributed by atoms with Gasteiger partial charge in [-0.2, -0.15) is 0 Å². The van der Waals surface area contributed by atoms with Crippen molar-refractivity contribution in [1.82, 2.24) is 4.98 Å². The summed E-state index contributed by atoms with van der Waals surface area (Å²) in [6.07, 6.45) is 0.719. The van der Waals surface area contributed by atoms with Gasteiger partial charge in [-0.25, -0.2) is 0 Å². The van der Waals surface area contributed by atoms with Crippen LogP contribution >= 0.6 is 34.8 Å². The van der Waals surface area contributed by atoms with E-state index in [1.165, 1.54) is 0 Å². The Labute approximate surface area is 124 Å². The molecule has 7 heteroatoms.